The Bertz CT molecular complexity index is 947. The molecule has 1 unspecified atom stereocenters. The van der Waals surface area contributed by atoms with Gasteiger partial charge >= 0.3 is 6.03 Å². The van der Waals surface area contributed by atoms with Gasteiger partial charge in [-0.3, -0.25) is 9.69 Å². The van der Waals surface area contributed by atoms with Crippen molar-refractivity contribution in [3.05, 3.63) is 47.1 Å². The highest BCUT2D eigenvalue weighted by Gasteiger charge is 2.36. The number of amides is 3. The van der Waals surface area contributed by atoms with E-state index in [0.29, 0.717) is 28.8 Å². The monoisotopic (exact) mass is 428 g/mol. The Hall–Kier alpha value is -2.60. The molecule has 0 aliphatic carbocycles. The Kier molecular flexibility index (Phi) is 6.66. The van der Waals surface area contributed by atoms with Gasteiger partial charge in [0.05, 0.1) is 23.6 Å². The summed E-state index contributed by atoms with van der Waals surface area (Å²) in [5, 5.41) is 3.45. The molecule has 0 saturated carbocycles. The highest BCUT2D eigenvalue weighted by Crippen LogP contribution is 2.37. The summed E-state index contributed by atoms with van der Waals surface area (Å²) < 4.78 is 0. The number of hydrogen-bond donors (Lipinski definition) is 1. The molecule has 1 N–H and O–H groups in total. The summed E-state index contributed by atoms with van der Waals surface area (Å²) >= 11 is 6.20. The molecule has 0 spiro atoms. The molecule has 30 heavy (non-hydrogen) atoms. The standard InChI is InChI=1S/C23H29ClN4O2/c1-6-15(4)22(29)26-21-11-10-20-19(25-21)13-27(16(5)14(2)3)23(30)28(20)18-9-7-8-17(24)12-18/h7-12,14-16H,6,13H2,1-5H3,(H,25,26,29)/t15-,16?/m1/s1. The third-order valence-corrected chi connectivity index (χ3v) is 6.02. The van der Waals surface area contributed by atoms with Crippen LogP contribution in [0, 0.1) is 11.8 Å². The van der Waals surface area contributed by atoms with Gasteiger partial charge in [0.2, 0.25) is 5.91 Å². The van der Waals surface area contributed by atoms with Crippen molar-refractivity contribution in [1.29, 1.82) is 0 Å². The molecule has 0 radical (unpaired) electrons. The number of rotatable bonds is 6. The molecule has 1 aromatic heterocycles. The number of nitrogens with one attached hydrogen (secondary N) is 1. The molecule has 0 saturated heterocycles. The van der Waals surface area contributed by atoms with E-state index in [9.17, 15) is 9.59 Å². The fourth-order valence-corrected chi connectivity index (χ4v) is 3.51. The lowest BCUT2D eigenvalue weighted by Crippen LogP contribution is -2.50. The molecule has 1 aliphatic heterocycles. The fraction of sp³-hybridized carbons (Fsp3) is 0.435. The van der Waals surface area contributed by atoms with Gasteiger partial charge in [0, 0.05) is 17.0 Å². The zero-order valence-electron chi connectivity index (χ0n) is 18.1. The number of carbonyl (C=O) groups excluding carboxylic acids is 2. The Morgan fingerprint density at radius 3 is 2.57 bits per heavy atom. The maximum Gasteiger partial charge on any atom is 0.329 e. The summed E-state index contributed by atoms with van der Waals surface area (Å²) in [7, 11) is 0. The van der Waals surface area contributed by atoms with E-state index in [1.54, 1.807) is 23.1 Å². The normalized spacial score (nSPS) is 15.8. The van der Waals surface area contributed by atoms with Crippen LogP contribution < -0.4 is 10.2 Å². The van der Waals surface area contributed by atoms with Gasteiger partial charge in [-0.1, -0.05) is 45.4 Å². The molecular weight excluding hydrogens is 400 g/mol. The molecule has 160 valence electrons. The van der Waals surface area contributed by atoms with E-state index in [-0.39, 0.29) is 29.8 Å². The van der Waals surface area contributed by atoms with E-state index >= 15 is 0 Å². The van der Waals surface area contributed by atoms with Gasteiger partial charge in [-0.25, -0.2) is 9.78 Å². The van der Waals surface area contributed by atoms with Crippen LogP contribution in [0.5, 0.6) is 0 Å². The lowest BCUT2D eigenvalue weighted by atomic mass is 10.0. The number of hydrogen-bond acceptors (Lipinski definition) is 3. The average Bonchev–Trinajstić information content (AvgIpc) is 2.72. The molecule has 3 rings (SSSR count). The van der Waals surface area contributed by atoms with Gasteiger partial charge in [-0.2, -0.15) is 0 Å². The number of urea groups is 1. The summed E-state index contributed by atoms with van der Waals surface area (Å²) in [6.07, 6.45) is 0.757. The van der Waals surface area contributed by atoms with E-state index in [1.165, 1.54) is 0 Å². The molecule has 2 aromatic rings. The second kappa shape index (κ2) is 9.04. The third kappa shape index (κ3) is 4.43. The topological polar surface area (TPSA) is 65.5 Å². The van der Waals surface area contributed by atoms with Crippen molar-refractivity contribution in [2.75, 3.05) is 10.2 Å². The van der Waals surface area contributed by atoms with Crippen LogP contribution in [-0.2, 0) is 11.3 Å². The van der Waals surface area contributed by atoms with Crippen LogP contribution in [0.15, 0.2) is 36.4 Å². The van der Waals surface area contributed by atoms with Crippen LogP contribution in [0.1, 0.15) is 46.7 Å². The van der Waals surface area contributed by atoms with E-state index in [4.69, 9.17) is 16.6 Å². The molecule has 1 aliphatic rings. The third-order valence-electron chi connectivity index (χ3n) is 5.78. The van der Waals surface area contributed by atoms with E-state index in [1.807, 2.05) is 43.9 Å². The van der Waals surface area contributed by atoms with E-state index in [0.717, 1.165) is 12.1 Å². The number of nitrogens with zero attached hydrogens (tertiary/aromatic N) is 3. The molecule has 0 bridgehead atoms. The quantitative estimate of drug-likeness (QED) is 0.628. The smallest absolute Gasteiger partial charge is 0.315 e. The van der Waals surface area contributed by atoms with Crippen molar-refractivity contribution < 1.29 is 9.59 Å². The molecule has 0 fully saturated rings. The second-order valence-electron chi connectivity index (χ2n) is 8.17. The number of benzene rings is 1. The molecule has 2 atom stereocenters. The predicted octanol–water partition coefficient (Wildman–Crippen LogP) is 5.84. The lowest BCUT2D eigenvalue weighted by molar-refractivity contribution is -0.119. The van der Waals surface area contributed by atoms with E-state index < -0.39 is 0 Å². The summed E-state index contributed by atoms with van der Waals surface area (Å²) in [5.41, 5.74) is 2.13. The average molecular weight is 429 g/mol. The molecule has 3 amide bonds. The first kappa shape index (κ1) is 22.1. The van der Waals surface area contributed by atoms with Crippen molar-refractivity contribution in [1.82, 2.24) is 9.88 Å². The van der Waals surface area contributed by atoms with Crippen LogP contribution in [0.2, 0.25) is 5.02 Å². The van der Waals surface area contributed by atoms with Gasteiger partial charge < -0.3 is 10.2 Å². The minimum atomic E-state index is -0.107. The largest absolute Gasteiger partial charge is 0.329 e. The first-order valence-corrected chi connectivity index (χ1v) is 10.8. The first-order valence-electron chi connectivity index (χ1n) is 10.4. The minimum absolute atomic E-state index is 0.0208. The maximum absolute atomic E-state index is 13.4. The number of halogens is 1. The van der Waals surface area contributed by atoms with Gasteiger partial charge in [0.25, 0.3) is 0 Å². The molecule has 2 heterocycles. The SMILES string of the molecule is CC[C@@H](C)C(=O)Nc1ccc2c(n1)CN(C(C)C(C)C)C(=O)N2c1cccc(Cl)c1. The Morgan fingerprint density at radius 2 is 1.93 bits per heavy atom. The highest BCUT2D eigenvalue weighted by molar-refractivity contribution is 6.31. The van der Waals surface area contributed by atoms with Crippen LogP contribution >= 0.6 is 11.6 Å². The summed E-state index contributed by atoms with van der Waals surface area (Å²) in [4.78, 5) is 33.9. The van der Waals surface area contributed by atoms with Gasteiger partial charge in [-0.05, 0) is 49.6 Å². The maximum atomic E-state index is 13.4. The molecule has 1 aromatic carbocycles. The van der Waals surface area contributed by atoms with E-state index in [2.05, 4.69) is 19.2 Å². The van der Waals surface area contributed by atoms with Crippen LogP contribution in [0.4, 0.5) is 22.0 Å². The minimum Gasteiger partial charge on any atom is -0.315 e. The molecule has 7 heteroatoms. The van der Waals surface area contributed by atoms with Crippen LogP contribution in [0.25, 0.3) is 0 Å². The van der Waals surface area contributed by atoms with Crippen molar-refractivity contribution >= 4 is 40.7 Å². The Balaban J connectivity index is 2.04. The van der Waals surface area contributed by atoms with Crippen molar-refractivity contribution in [3.63, 3.8) is 0 Å². The number of anilines is 3. The number of aromatic nitrogens is 1. The molecular formula is C23H29ClN4O2. The number of pyridine rings is 1. The lowest BCUT2D eigenvalue weighted by Gasteiger charge is -2.40. The second-order valence-corrected chi connectivity index (χ2v) is 8.61. The van der Waals surface area contributed by atoms with Crippen LogP contribution in [-0.4, -0.2) is 27.9 Å². The van der Waals surface area contributed by atoms with Gasteiger partial charge in [0.15, 0.2) is 0 Å². The zero-order valence-corrected chi connectivity index (χ0v) is 18.9. The van der Waals surface area contributed by atoms with Crippen molar-refractivity contribution in [2.45, 2.75) is 53.6 Å². The highest BCUT2D eigenvalue weighted by atomic mass is 35.5. The Morgan fingerprint density at radius 1 is 1.20 bits per heavy atom. The van der Waals surface area contributed by atoms with Crippen molar-refractivity contribution in [2.24, 2.45) is 11.8 Å². The first-order chi connectivity index (χ1) is 14.2. The number of carbonyl (C=O) groups is 2. The van der Waals surface area contributed by atoms with Gasteiger partial charge in [0.1, 0.15) is 5.82 Å². The fourth-order valence-electron chi connectivity index (χ4n) is 3.32. The summed E-state index contributed by atoms with van der Waals surface area (Å²) in [6.45, 7) is 10.5. The summed E-state index contributed by atoms with van der Waals surface area (Å²) in [6, 6.07) is 10.7. The number of fused-ring (bicyclic) bond motifs is 1. The summed E-state index contributed by atoms with van der Waals surface area (Å²) in [5.74, 6) is 0.627. The van der Waals surface area contributed by atoms with Crippen molar-refractivity contribution in [3.8, 4) is 0 Å². The zero-order chi connectivity index (χ0) is 22.0. The molecule has 6 nitrogen and oxygen atoms in total. The Labute approximate surface area is 183 Å². The van der Waals surface area contributed by atoms with Crippen LogP contribution in [0.3, 0.4) is 0 Å². The van der Waals surface area contributed by atoms with Gasteiger partial charge in [-0.15, -0.1) is 0 Å². The predicted molar refractivity (Wildman–Crippen MR) is 121 cm³/mol.